The van der Waals surface area contributed by atoms with Crippen LogP contribution in [0.3, 0.4) is 0 Å². The number of nitro benzene ring substituents is 1. The highest BCUT2D eigenvalue weighted by Gasteiger charge is 2.34. The first-order chi connectivity index (χ1) is 10.6. The van der Waals surface area contributed by atoms with E-state index in [2.05, 4.69) is 16.8 Å². The molecule has 6 heteroatoms. The van der Waals surface area contributed by atoms with Gasteiger partial charge in [-0.3, -0.25) is 15.1 Å². The Kier molecular flexibility index (Phi) is 2.66. The number of nitrogens with zero attached hydrogens (tertiary/aromatic N) is 3. The van der Waals surface area contributed by atoms with E-state index in [1.54, 1.807) is 6.07 Å². The maximum absolute atomic E-state index is 11.0. The highest BCUT2D eigenvalue weighted by molar-refractivity contribution is 6.14. The molecule has 1 unspecified atom stereocenters. The molecule has 0 radical (unpaired) electrons. The van der Waals surface area contributed by atoms with Gasteiger partial charge in [0.1, 0.15) is 11.6 Å². The van der Waals surface area contributed by atoms with Crippen LogP contribution in [0.15, 0.2) is 47.5 Å². The van der Waals surface area contributed by atoms with Crippen LogP contribution in [0.25, 0.3) is 0 Å². The Hall–Kier alpha value is -2.89. The Morgan fingerprint density at radius 1 is 1.27 bits per heavy atom. The quantitative estimate of drug-likeness (QED) is 0.597. The molecule has 1 atom stereocenters. The zero-order valence-corrected chi connectivity index (χ0v) is 11.9. The van der Waals surface area contributed by atoms with Crippen molar-refractivity contribution in [1.82, 2.24) is 0 Å². The number of aliphatic imine (C=N–C) groups is 1. The molecule has 0 fully saturated rings. The van der Waals surface area contributed by atoms with Crippen molar-refractivity contribution < 1.29 is 9.66 Å². The first-order valence-electron chi connectivity index (χ1n) is 7.04. The summed E-state index contributed by atoms with van der Waals surface area (Å²) in [5.41, 5.74) is 1.74. The summed E-state index contributed by atoms with van der Waals surface area (Å²) in [5, 5.41) is 11.0. The van der Waals surface area contributed by atoms with E-state index < -0.39 is 4.92 Å². The SMILES string of the molecule is CC1CN=C2c3ccccc3Oc3cc([N+](=O)[O-])ccc3N21. The first kappa shape index (κ1) is 12.8. The summed E-state index contributed by atoms with van der Waals surface area (Å²) in [7, 11) is 0. The number of non-ortho nitro benzene ring substituents is 1. The fourth-order valence-electron chi connectivity index (χ4n) is 2.91. The van der Waals surface area contributed by atoms with Crippen LogP contribution in [0.1, 0.15) is 12.5 Å². The van der Waals surface area contributed by atoms with E-state index >= 15 is 0 Å². The lowest BCUT2D eigenvalue weighted by molar-refractivity contribution is -0.384. The van der Waals surface area contributed by atoms with Crippen molar-refractivity contribution in [2.45, 2.75) is 13.0 Å². The van der Waals surface area contributed by atoms with Crippen LogP contribution in [-0.2, 0) is 0 Å². The molecule has 2 aromatic carbocycles. The van der Waals surface area contributed by atoms with E-state index in [4.69, 9.17) is 4.74 Å². The minimum absolute atomic E-state index is 0.0171. The van der Waals surface area contributed by atoms with Crippen molar-refractivity contribution in [2.24, 2.45) is 4.99 Å². The predicted octanol–water partition coefficient (Wildman–Crippen LogP) is 3.36. The van der Waals surface area contributed by atoms with Gasteiger partial charge >= 0.3 is 0 Å². The van der Waals surface area contributed by atoms with Crippen LogP contribution in [0, 0.1) is 10.1 Å². The van der Waals surface area contributed by atoms with Crippen LogP contribution < -0.4 is 9.64 Å². The van der Waals surface area contributed by atoms with Gasteiger partial charge in [-0.1, -0.05) is 12.1 Å². The second-order valence-electron chi connectivity index (χ2n) is 5.39. The van der Waals surface area contributed by atoms with Crippen LogP contribution in [0.2, 0.25) is 0 Å². The largest absolute Gasteiger partial charge is 0.454 e. The van der Waals surface area contributed by atoms with E-state index in [0.29, 0.717) is 18.0 Å². The molecule has 110 valence electrons. The number of amidine groups is 1. The van der Waals surface area contributed by atoms with Gasteiger partial charge in [-0.2, -0.15) is 0 Å². The van der Waals surface area contributed by atoms with Gasteiger partial charge in [0.2, 0.25) is 0 Å². The standard InChI is InChI=1S/C16H13N3O3/c1-10-9-17-16-12-4-2-3-5-14(12)22-15-8-11(19(20)21)6-7-13(15)18(10)16/h2-8,10H,9H2,1H3. The van der Waals surface area contributed by atoms with Crippen molar-refractivity contribution in [2.75, 3.05) is 11.4 Å². The molecule has 0 saturated carbocycles. The Morgan fingerprint density at radius 3 is 2.91 bits per heavy atom. The molecular formula is C16H13N3O3. The predicted molar refractivity (Wildman–Crippen MR) is 83.0 cm³/mol. The van der Waals surface area contributed by atoms with Crippen molar-refractivity contribution in [3.63, 3.8) is 0 Å². The van der Waals surface area contributed by atoms with Gasteiger partial charge in [0.05, 0.1) is 34.8 Å². The van der Waals surface area contributed by atoms with Gasteiger partial charge in [-0.15, -0.1) is 0 Å². The molecule has 2 aliphatic heterocycles. The van der Waals surface area contributed by atoms with E-state index in [9.17, 15) is 10.1 Å². The lowest BCUT2D eigenvalue weighted by Crippen LogP contribution is -2.34. The number of para-hydroxylation sites is 1. The molecule has 2 aromatic rings. The summed E-state index contributed by atoms with van der Waals surface area (Å²) in [5.74, 6) is 2.01. The van der Waals surface area contributed by atoms with Gasteiger partial charge < -0.3 is 9.64 Å². The molecule has 0 aliphatic carbocycles. The lowest BCUT2D eigenvalue weighted by Gasteiger charge is -2.24. The number of benzene rings is 2. The Bertz CT molecular complexity index is 816. The Morgan fingerprint density at radius 2 is 2.09 bits per heavy atom. The minimum Gasteiger partial charge on any atom is -0.454 e. The zero-order valence-electron chi connectivity index (χ0n) is 11.9. The molecule has 2 heterocycles. The first-order valence-corrected chi connectivity index (χ1v) is 7.04. The number of fused-ring (bicyclic) bond motifs is 5. The summed E-state index contributed by atoms with van der Waals surface area (Å²) in [6.45, 7) is 2.77. The smallest absolute Gasteiger partial charge is 0.273 e. The third kappa shape index (κ3) is 1.77. The molecule has 4 rings (SSSR count). The molecule has 6 nitrogen and oxygen atoms in total. The van der Waals surface area contributed by atoms with Crippen molar-refractivity contribution in [1.29, 1.82) is 0 Å². The molecule has 0 aromatic heterocycles. The topological polar surface area (TPSA) is 68.0 Å². The molecule has 0 N–H and O–H groups in total. The Balaban J connectivity index is 1.96. The lowest BCUT2D eigenvalue weighted by atomic mass is 10.1. The summed E-state index contributed by atoms with van der Waals surface area (Å²) in [6, 6.07) is 12.5. The van der Waals surface area contributed by atoms with Crippen LogP contribution in [-0.4, -0.2) is 23.3 Å². The van der Waals surface area contributed by atoms with E-state index in [0.717, 1.165) is 17.1 Å². The number of hydrogen-bond acceptors (Lipinski definition) is 5. The number of nitro groups is 1. The van der Waals surface area contributed by atoms with E-state index in [-0.39, 0.29) is 11.7 Å². The fraction of sp³-hybridized carbons (Fsp3) is 0.188. The maximum atomic E-state index is 11.0. The van der Waals surface area contributed by atoms with Crippen LogP contribution in [0.4, 0.5) is 11.4 Å². The summed E-state index contributed by atoms with van der Waals surface area (Å²) in [4.78, 5) is 17.3. The number of anilines is 1. The number of rotatable bonds is 1. The highest BCUT2D eigenvalue weighted by atomic mass is 16.6. The van der Waals surface area contributed by atoms with Crippen molar-refractivity contribution in [3.8, 4) is 11.5 Å². The van der Waals surface area contributed by atoms with Crippen LogP contribution in [0.5, 0.6) is 11.5 Å². The second kappa shape index (κ2) is 4.56. The van der Waals surface area contributed by atoms with Crippen molar-refractivity contribution >= 4 is 17.2 Å². The molecule has 0 spiro atoms. The normalized spacial score (nSPS) is 18.5. The van der Waals surface area contributed by atoms with Gasteiger partial charge in [0.15, 0.2) is 5.75 Å². The van der Waals surface area contributed by atoms with Crippen molar-refractivity contribution in [3.05, 3.63) is 58.1 Å². The number of ether oxygens (including phenoxy) is 1. The average Bonchev–Trinajstić information content (AvgIpc) is 2.82. The highest BCUT2D eigenvalue weighted by Crippen LogP contribution is 2.43. The van der Waals surface area contributed by atoms with E-state index in [1.165, 1.54) is 12.1 Å². The zero-order chi connectivity index (χ0) is 15.3. The molecular weight excluding hydrogens is 282 g/mol. The second-order valence-corrected chi connectivity index (χ2v) is 5.39. The maximum Gasteiger partial charge on any atom is 0.273 e. The average molecular weight is 295 g/mol. The number of hydrogen-bond donors (Lipinski definition) is 0. The van der Waals surface area contributed by atoms with Gasteiger partial charge in [-0.05, 0) is 25.1 Å². The minimum atomic E-state index is -0.414. The molecule has 22 heavy (non-hydrogen) atoms. The summed E-state index contributed by atoms with van der Waals surface area (Å²) in [6.07, 6.45) is 0. The molecule has 2 aliphatic rings. The summed E-state index contributed by atoms with van der Waals surface area (Å²) >= 11 is 0. The van der Waals surface area contributed by atoms with Gasteiger partial charge in [0, 0.05) is 6.07 Å². The molecule has 0 saturated heterocycles. The third-order valence-corrected chi connectivity index (χ3v) is 3.94. The van der Waals surface area contributed by atoms with Gasteiger partial charge in [0.25, 0.3) is 5.69 Å². The van der Waals surface area contributed by atoms with E-state index in [1.807, 2.05) is 24.3 Å². The fourth-order valence-corrected chi connectivity index (χ4v) is 2.91. The molecule has 0 amide bonds. The third-order valence-electron chi connectivity index (χ3n) is 3.94. The van der Waals surface area contributed by atoms with Gasteiger partial charge in [-0.25, -0.2) is 0 Å². The monoisotopic (exact) mass is 295 g/mol. The van der Waals surface area contributed by atoms with Crippen LogP contribution >= 0.6 is 0 Å². The molecule has 0 bridgehead atoms. The summed E-state index contributed by atoms with van der Waals surface area (Å²) < 4.78 is 5.95. The Labute approximate surface area is 126 Å².